The van der Waals surface area contributed by atoms with Crippen molar-refractivity contribution in [2.45, 2.75) is 32.0 Å². The first-order chi connectivity index (χ1) is 13.8. The summed E-state index contributed by atoms with van der Waals surface area (Å²) < 4.78 is 40.5. The molecule has 1 amide bonds. The lowest BCUT2D eigenvalue weighted by molar-refractivity contribution is -0.274. The highest BCUT2D eigenvalue weighted by molar-refractivity contribution is 6.05. The van der Waals surface area contributed by atoms with Crippen LogP contribution in [0.4, 0.5) is 18.9 Å². The van der Waals surface area contributed by atoms with E-state index < -0.39 is 18.0 Å². The number of aromatic amines is 1. The Balaban J connectivity index is 1.56. The summed E-state index contributed by atoms with van der Waals surface area (Å²) in [6.45, 7) is 0. The third kappa shape index (κ3) is 4.11. The Morgan fingerprint density at radius 2 is 1.69 bits per heavy atom. The molecule has 0 bridgehead atoms. The second-order valence-corrected chi connectivity index (χ2v) is 6.91. The van der Waals surface area contributed by atoms with Gasteiger partial charge >= 0.3 is 6.36 Å². The maximum Gasteiger partial charge on any atom is 0.573 e. The van der Waals surface area contributed by atoms with Crippen LogP contribution in [0.5, 0.6) is 5.75 Å². The van der Waals surface area contributed by atoms with Crippen LogP contribution in [0.2, 0.25) is 0 Å². The molecule has 5 nitrogen and oxygen atoms in total. The zero-order valence-electron chi connectivity index (χ0n) is 15.2. The second kappa shape index (κ2) is 7.27. The number of ether oxygens (including phenoxy) is 1. The summed E-state index contributed by atoms with van der Waals surface area (Å²) in [5.74, 6) is -0.884. The number of pyridine rings is 1. The van der Waals surface area contributed by atoms with Gasteiger partial charge in [-0.3, -0.25) is 9.59 Å². The molecular formula is C21H17F3N2O3. The summed E-state index contributed by atoms with van der Waals surface area (Å²) in [5.41, 5.74) is 3.09. The Morgan fingerprint density at radius 3 is 2.38 bits per heavy atom. The van der Waals surface area contributed by atoms with E-state index in [0.717, 1.165) is 54.3 Å². The van der Waals surface area contributed by atoms with Crippen LogP contribution < -0.4 is 15.6 Å². The topological polar surface area (TPSA) is 71.2 Å². The number of alkyl halides is 3. The van der Waals surface area contributed by atoms with Crippen molar-refractivity contribution in [1.82, 2.24) is 4.98 Å². The number of H-pyrrole nitrogens is 1. The monoisotopic (exact) mass is 402 g/mol. The minimum atomic E-state index is -4.79. The molecule has 0 fully saturated rings. The molecule has 29 heavy (non-hydrogen) atoms. The molecule has 0 saturated heterocycles. The fourth-order valence-corrected chi connectivity index (χ4v) is 3.65. The fraction of sp³-hybridized carbons (Fsp3) is 0.238. The zero-order valence-corrected chi connectivity index (χ0v) is 15.2. The van der Waals surface area contributed by atoms with Gasteiger partial charge in [-0.25, -0.2) is 0 Å². The average molecular weight is 402 g/mol. The van der Waals surface area contributed by atoms with E-state index in [-0.39, 0.29) is 11.1 Å². The Hall–Kier alpha value is -3.29. The number of hydrogen-bond donors (Lipinski definition) is 2. The lowest BCUT2D eigenvalue weighted by Crippen LogP contribution is -2.19. The summed E-state index contributed by atoms with van der Waals surface area (Å²) >= 11 is 0. The van der Waals surface area contributed by atoms with Crippen molar-refractivity contribution >= 4 is 22.5 Å². The van der Waals surface area contributed by atoms with Crippen LogP contribution in [0.25, 0.3) is 10.9 Å². The van der Waals surface area contributed by atoms with Crippen LogP contribution in [0, 0.1) is 0 Å². The Kier molecular flexibility index (Phi) is 4.77. The van der Waals surface area contributed by atoms with Gasteiger partial charge < -0.3 is 15.0 Å². The zero-order chi connectivity index (χ0) is 20.6. The molecule has 0 saturated carbocycles. The minimum absolute atomic E-state index is 0.101. The molecule has 0 spiro atoms. The van der Waals surface area contributed by atoms with E-state index in [1.54, 1.807) is 12.1 Å². The molecule has 0 unspecified atom stereocenters. The number of nitrogens with one attached hydrogen (secondary N) is 2. The summed E-state index contributed by atoms with van der Waals surface area (Å²) in [6, 6.07) is 9.94. The molecule has 1 aliphatic rings. The summed E-state index contributed by atoms with van der Waals surface area (Å²) in [6.07, 6.45) is -1.12. The Labute approximate surface area is 163 Å². The van der Waals surface area contributed by atoms with Crippen LogP contribution in [0.15, 0.2) is 47.3 Å². The number of fused-ring (bicyclic) bond motifs is 3. The number of halogens is 3. The van der Waals surface area contributed by atoms with E-state index in [4.69, 9.17) is 0 Å². The van der Waals surface area contributed by atoms with Crippen molar-refractivity contribution in [3.05, 3.63) is 69.5 Å². The van der Waals surface area contributed by atoms with Gasteiger partial charge in [-0.1, -0.05) is 6.07 Å². The van der Waals surface area contributed by atoms with E-state index in [9.17, 15) is 22.8 Å². The first-order valence-corrected chi connectivity index (χ1v) is 9.15. The molecule has 150 valence electrons. The number of aromatic nitrogens is 1. The molecule has 1 heterocycles. The second-order valence-electron chi connectivity index (χ2n) is 6.91. The van der Waals surface area contributed by atoms with Gasteiger partial charge in [0.25, 0.3) is 11.5 Å². The van der Waals surface area contributed by atoms with Crippen LogP contribution in [0.3, 0.4) is 0 Å². The average Bonchev–Trinajstić information content (AvgIpc) is 2.67. The number of anilines is 1. The van der Waals surface area contributed by atoms with Crippen molar-refractivity contribution in [2.75, 3.05) is 5.32 Å². The van der Waals surface area contributed by atoms with Gasteiger partial charge in [0.1, 0.15) is 5.75 Å². The maximum absolute atomic E-state index is 12.4. The first-order valence-electron chi connectivity index (χ1n) is 9.15. The van der Waals surface area contributed by atoms with E-state index in [1.165, 1.54) is 12.1 Å². The first kappa shape index (κ1) is 19.0. The van der Waals surface area contributed by atoms with Gasteiger partial charge in [0.15, 0.2) is 0 Å². The van der Waals surface area contributed by atoms with Crippen molar-refractivity contribution < 1.29 is 22.7 Å². The standard InChI is InChI=1S/C21H17F3N2O3/c22-21(23,24)29-14-8-5-12(6-9-14)19(27)25-13-7-10-16-15-3-1-2-4-17(15)20(28)26-18(16)11-13/h5-11H,1-4H2,(H,25,27)(H,26,28). The van der Waals surface area contributed by atoms with E-state index in [0.29, 0.717) is 11.2 Å². The number of amides is 1. The summed E-state index contributed by atoms with van der Waals surface area (Å²) in [7, 11) is 0. The number of rotatable bonds is 3. The normalized spacial score (nSPS) is 13.8. The minimum Gasteiger partial charge on any atom is -0.406 e. The molecule has 1 aliphatic carbocycles. The van der Waals surface area contributed by atoms with Crippen molar-refractivity contribution in [1.29, 1.82) is 0 Å². The number of aryl methyl sites for hydroxylation is 1. The molecule has 0 aliphatic heterocycles. The number of hydrogen-bond acceptors (Lipinski definition) is 3. The van der Waals surface area contributed by atoms with Crippen molar-refractivity contribution in [3.8, 4) is 5.75 Å². The number of carbonyl (C=O) groups excluding carboxylic acids is 1. The predicted molar refractivity (Wildman–Crippen MR) is 102 cm³/mol. The maximum atomic E-state index is 12.4. The number of carbonyl (C=O) groups is 1. The molecule has 3 aromatic rings. The summed E-state index contributed by atoms with van der Waals surface area (Å²) in [5, 5.41) is 3.66. The van der Waals surface area contributed by atoms with Crippen molar-refractivity contribution in [2.24, 2.45) is 0 Å². The lowest BCUT2D eigenvalue weighted by atomic mass is 9.90. The predicted octanol–water partition coefficient (Wildman–Crippen LogP) is 4.56. The van der Waals surface area contributed by atoms with E-state index >= 15 is 0 Å². The van der Waals surface area contributed by atoms with E-state index in [2.05, 4.69) is 15.0 Å². The van der Waals surface area contributed by atoms with Gasteiger partial charge in [-0.05, 0) is 67.6 Å². The highest BCUT2D eigenvalue weighted by atomic mass is 19.4. The molecule has 4 rings (SSSR count). The highest BCUT2D eigenvalue weighted by Gasteiger charge is 2.31. The van der Waals surface area contributed by atoms with Crippen LogP contribution in [-0.4, -0.2) is 17.3 Å². The Morgan fingerprint density at radius 1 is 1.00 bits per heavy atom. The van der Waals surface area contributed by atoms with E-state index in [1.807, 2.05) is 6.07 Å². The van der Waals surface area contributed by atoms with Gasteiger partial charge in [-0.15, -0.1) is 13.2 Å². The number of benzene rings is 2. The molecule has 0 atom stereocenters. The molecule has 1 aromatic heterocycles. The molecule has 0 radical (unpaired) electrons. The molecule has 8 heteroatoms. The molecule has 2 N–H and O–H groups in total. The third-order valence-electron chi connectivity index (χ3n) is 4.94. The third-order valence-corrected chi connectivity index (χ3v) is 4.94. The Bertz CT molecular complexity index is 1130. The highest BCUT2D eigenvalue weighted by Crippen LogP contribution is 2.27. The smallest absolute Gasteiger partial charge is 0.406 e. The van der Waals surface area contributed by atoms with Crippen molar-refractivity contribution in [3.63, 3.8) is 0 Å². The van der Waals surface area contributed by atoms with Crippen LogP contribution >= 0.6 is 0 Å². The molecule has 2 aromatic carbocycles. The fourth-order valence-electron chi connectivity index (χ4n) is 3.65. The summed E-state index contributed by atoms with van der Waals surface area (Å²) in [4.78, 5) is 27.6. The van der Waals surface area contributed by atoms with Gasteiger partial charge in [0.05, 0.1) is 5.52 Å². The largest absolute Gasteiger partial charge is 0.573 e. The van der Waals surface area contributed by atoms with Crippen LogP contribution in [0.1, 0.15) is 34.3 Å². The van der Waals surface area contributed by atoms with Crippen LogP contribution in [-0.2, 0) is 12.8 Å². The quantitative estimate of drug-likeness (QED) is 0.675. The molecular weight excluding hydrogens is 385 g/mol. The van der Waals surface area contributed by atoms with Gasteiger partial charge in [-0.2, -0.15) is 0 Å². The lowest BCUT2D eigenvalue weighted by Gasteiger charge is -2.17. The van der Waals surface area contributed by atoms with Gasteiger partial charge in [0.2, 0.25) is 0 Å². The van der Waals surface area contributed by atoms with Gasteiger partial charge in [0, 0.05) is 22.2 Å². The SMILES string of the molecule is O=C(Nc1ccc2c3c(c(=O)[nH]c2c1)CCCC3)c1ccc(OC(F)(F)F)cc1.